The highest BCUT2D eigenvalue weighted by Gasteiger charge is 2.08. The molecular formula is C12H17FN2O2. The highest BCUT2D eigenvalue weighted by molar-refractivity contribution is 5.92. The number of carbonyl (C=O) groups excluding carboxylic acids is 1. The Balaban J connectivity index is 2.58. The Bertz CT molecular complexity index is 383. The second kappa shape index (κ2) is 6.85. The molecule has 0 spiro atoms. The molecule has 0 fully saturated rings. The van der Waals surface area contributed by atoms with E-state index in [9.17, 15) is 9.18 Å². The molecular weight excluding hydrogens is 223 g/mol. The zero-order valence-corrected chi connectivity index (χ0v) is 9.83. The number of anilines is 1. The van der Waals surface area contributed by atoms with Crippen molar-refractivity contribution in [3.05, 3.63) is 24.0 Å². The number of rotatable bonds is 6. The molecule has 0 saturated carbocycles. The van der Waals surface area contributed by atoms with Crippen LogP contribution in [0.1, 0.15) is 19.3 Å². The standard InChI is InChI=1S/C12H17FN2O2/c1-17-11-8-9(13)5-6-10(11)15-12(16)4-2-3-7-14/h5-6,8H,2-4,7,14H2,1H3,(H,15,16). The lowest BCUT2D eigenvalue weighted by atomic mass is 10.2. The van der Waals surface area contributed by atoms with Crippen LogP contribution in [0.3, 0.4) is 0 Å². The van der Waals surface area contributed by atoms with Crippen molar-refractivity contribution in [3.8, 4) is 5.75 Å². The second-order valence-electron chi connectivity index (χ2n) is 3.64. The molecule has 0 atom stereocenters. The van der Waals surface area contributed by atoms with Gasteiger partial charge in [0.25, 0.3) is 0 Å². The predicted molar refractivity (Wildman–Crippen MR) is 64.5 cm³/mol. The van der Waals surface area contributed by atoms with Gasteiger partial charge < -0.3 is 15.8 Å². The normalized spacial score (nSPS) is 10.1. The van der Waals surface area contributed by atoms with Crippen LogP contribution in [0.2, 0.25) is 0 Å². The largest absolute Gasteiger partial charge is 0.494 e. The quantitative estimate of drug-likeness (QED) is 0.746. The number of hydrogen-bond donors (Lipinski definition) is 2. The summed E-state index contributed by atoms with van der Waals surface area (Å²) >= 11 is 0. The van der Waals surface area contributed by atoms with Crippen molar-refractivity contribution in [2.75, 3.05) is 19.0 Å². The number of benzene rings is 1. The van der Waals surface area contributed by atoms with Gasteiger partial charge in [0, 0.05) is 12.5 Å². The fourth-order valence-electron chi connectivity index (χ4n) is 1.41. The van der Waals surface area contributed by atoms with Crippen molar-refractivity contribution in [1.82, 2.24) is 0 Å². The first-order chi connectivity index (χ1) is 8.17. The van der Waals surface area contributed by atoms with Gasteiger partial charge in [0.1, 0.15) is 11.6 Å². The summed E-state index contributed by atoms with van der Waals surface area (Å²) in [6.45, 7) is 0.577. The molecule has 5 heteroatoms. The molecule has 3 N–H and O–H groups in total. The highest BCUT2D eigenvalue weighted by Crippen LogP contribution is 2.25. The summed E-state index contributed by atoms with van der Waals surface area (Å²) in [7, 11) is 1.43. The predicted octanol–water partition coefficient (Wildman–Crippen LogP) is 1.90. The van der Waals surface area contributed by atoms with E-state index in [1.54, 1.807) is 0 Å². The number of amides is 1. The lowest BCUT2D eigenvalue weighted by Crippen LogP contribution is -2.12. The van der Waals surface area contributed by atoms with E-state index >= 15 is 0 Å². The van der Waals surface area contributed by atoms with Crippen LogP contribution in [0.5, 0.6) is 5.75 Å². The smallest absolute Gasteiger partial charge is 0.224 e. The molecule has 0 radical (unpaired) electrons. The van der Waals surface area contributed by atoms with E-state index in [0.717, 1.165) is 12.8 Å². The molecule has 0 unspecified atom stereocenters. The van der Waals surface area contributed by atoms with Crippen molar-refractivity contribution < 1.29 is 13.9 Å². The van der Waals surface area contributed by atoms with E-state index < -0.39 is 5.82 Å². The Morgan fingerprint density at radius 2 is 2.24 bits per heavy atom. The maximum Gasteiger partial charge on any atom is 0.224 e. The first-order valence-electron chi connectivity index (χ1n) is 5.51. The minimum atomic E-state index is -0.400. The third-order valence-electron chi connectivity index (χ3n) is 2.30. The van der Waals surface area contributed by atoms with Crippen molar-refractivity contribution in [2.24, 2.45) is 5.73 Å². The monoisotopic (exact) mass is 240 g/mol. The Hall–Kier alpha value is -1.62. The lowest BCUT2D eigenvalue weighted by Gasteiger charge is -2.09. The van der Waals surface area contributed by atoms with Crippen molar-refractivity contribution in [1.29, 1.82) is 0 Å². The van der Waals surface area contributed by atoms with E-state index in [1.165, 1.54) is 25.3 Å². The Morgan fingerprint density at radius 1 is 1.47 bits per heavy atom. The fraction of sp³-hybridized carbons (Fsp3) is 0.417. The van der Waals surface area contributed by atoms with Gasteiger partial charge in [-0.15, -0.1) is 0 Å². The van der Waals surface area contributed by atoms with E-state index in [2.05, 4.69) is 5.32 Å². The third kappa shape index (κ3) is 4.40. The number of carbonyl (C=O) groups is 1. The zero-order chi connectivity index (χ0) is 12.7. The first kappa shape index (κ1) is 13.4. The maximum atomic E-state index is 12.9. The van der Waals surface area contributed by atoms with E-state index in [-0.39, 0.29) is 5.91 Å². The summed E-state index contributed by atoms with van der Waals surface area (Å²) in [6, 6.07) is 3.99. The summed E-state index contributed by atoms with van der Waals surface area (Å²) in [5, 5.41) is 2.68. The summed E-state index contributed by atoms with van der Waals surface area (Å²) in [5.41, 5.74) is 5.81. The lowest BCUT2D eigenvalue weighted by molar-refractivity contribution is -0.116. The summed E-state index contributed by atoms with van der Waals surface area (Å²) < 4.78 is 17.9. The number of unbranched alkanes of at least 4 members (excludes halogenated alkanes) is 1. The number of halogens is 1. The van der Waals surface area contributed by atoms with Gasteiger partial charge in [-0.25, -0.2) is 4.39 Å². The minimum absolute atomic E-state index is 0.122. The number of methoxy groups -OCH3 is 1. The number of nitrogens with one attached hydrogen (secondary N) is 1. The van der Waals surface area contributed by atoms with Gasteiger partial charge in [-0.05, 0) is 31.5 Å². The minimum Gasteiger partial charge on any atom is -0.494 e. The molecule has 0 aromatic heterocycles. The van der Waals surface area contributed by atoms with Crippen molar-refractivity contribution in [3.63, 3.8) is 0 Å². The number of hydrogen-bond acceptors (Lipinski definition) is 3. The Labute approximate surface area is 100.0 Å². The van der Waals surface area contributed by atoms with Crippen molar-refractivity contribution in [2.45, 2.75) is 19.3 Å². The van der Waals surface area contributed by atoms with Gasteiger partial charge in [0.15, 0.2) is 0 Å². The molecule has 1 rings (SSSR count). The van der Waals surface area contributed by atoms with Crippen LogP contribution < -0.4 is 15.8 Å². The molecule has 17 heavy (non-hydrogen) atoms. The van der Waals surface area contributed by atoms with Crippen LogP contribution >= 0.6 is 0 Å². The average Bonchev–Trinajstić information content (AvgIpc) is 2.32. The Kier molecular flexibility index (Phi) is 5.42. The van der Waals surface area contributed by atoms with Gasteiger partial charge in [-0.2, -0.15) is 0 Å². The number of nitrogens with two attached hydrogens (primary N) is 1. The molecule has 1 amide bonds. The van der Waals surface area contributed by atoms with Gasteiger partial charge in [0.05, 0.1) is 12.8 Å². The summed E-state index contributed by atoms with van der Waals surface area (Å²) in [4.78, 5) is 11.5. The van der Waals surface area contributed by atoms with Crippen molar-refractivity contribution >= 4 is 11.6 Å². The molecule has 4 nitrogen and oxygen atoms in total. The molecule has 0 aliphatic heterocycles. The highest BCUT2D eigenvalue weighted by atomic mass is 19.1. The molecule has 0 aliphatic carbocycles. The topological polar surface area (TPSA) is 64.3 Å². The van der Waals surface area contributed by atoms with Gasteiger partial charge in [-0.3, -0.25) is 4.79 Å². The van der Waals surface area contributed by atoms with Crippen LogP contribution in [-0.2, 0) is 4.79 Å². The van der Waals surface area contributed by atoms with E-state index in [0.29, 0.717) is 24.4 Å². The van der Waals surface area contributed by atoms with E-state index in [4.69, 9.17) is 10.5 Å². The SMILES string of the molecule is COc1cc(F)ccc1NC(=O)CCCCN. The van der Waals surface area contributed by atoms with Gasteiger partial charge in [0.2, 0.25) is 5.91 Å². The average molecular weight is 240 g/mol. The molecule has 0 aliphatic rings. The van der Waals surface area contributed by atoms with E-state index in [1.807, 2.05) is 0 Å². The zero-order valence-electron chi connectivity index (χ0n) is 9.83. The Morgan fingerprint density at radius 3 is 2.88 bits per heavy atom. The molecule has 1 aromatic carbocycles. The van der Waals surface area contributed by atoms with Crippen LogP contribution in [0.25, 0.3) is 0 Å². The molecule has 0 bridgehead atoms. The molecule has 1 aromatic rings. The van der Waals surface area contributed by atoms with Crippen LogP contribution in [0.15, 0.2) is 18.2 Å². The summed E-state index contributed by atoms with van der Waals surface area (Å²) in [5.74, 6) is -0.205. The summed E-state index contributed by atoms with van der Waals surface area (Å²) in [6.07, 6.45) is 1.96. The number of ether oxygens (including phenoxy) is 1. The van der Waals surface area contributed by atoms with Gasteiger partial charge >= 0.3 is 0 Å². The van der Waals surface area contributed by atoms with Crippen LogP contribution in [-0.4, -0.2) is 19.6 Å². The molecule has 0 heterocycles. The maximum absolute atomic E-state index is 12.9. The third-order valence-corrected chi connectivity index (χ3v) is 2.30. The van der Waals surface area contributed by atoms with Crippen LogP contribution in [0, 0.1) is 5.82 Å². The molecule has 94 valence electrons. The molecule has 0 saturated heterocycles. The fourth-order valence-corrected chi connectivity index (χ4v) is 1.41. The second-order valence-corrected chi connectivity index (χ2v) is 3.64. The first-order valence-corrected chi connectivity index (χ1v) is 5.51. The van der Waals surface area contributed by atoms with Gasteiger partial charge in [-0.1, -0.05) is 0 Å². The van der Waals surface area contributed by atoms with Crippen LogP contribution in [0.4, 0.5) is 10.1 Å².